The molecule has 1 fully saturated rings. The topological polar surface area (TPSA) is 34.0 Å². The van der Waals surface area contributed by atoms with E-state index in [2.05, 4.69) is 58.5 Å². The van der Waals surface area contributed by atoms with Crippen LogP contribution in [-0.2, 0) is 11.3 Å². The molecule has 22 heavy (non-hydrogen) atoms. The number of nitrogens with zero attached hydrogens (tertiary/aromatic N) is 1. The van der Waals surface area contributed by atoms with Gasteiger partial charge in [0.2, 0.25) is 5.91 Å². The highest BCUT2D eigenvalue weighted by Gasteiger charge is 2.28. The van der Waals surface area contributed by atoms with Gasteiger partial charge in [-0.15, -0.1) is 0 Å². The lowest BCUT2D eigenvalue weighted by molar-refractivity contribution is -0.120. The normalized spacial score (nSPS) is 17.8. The summed E-state index contributed by atoms with van der Waals surface area (Å²) in [4.78, 5) is 12.1. The monoisotopic (exact) mass is 290 g/mol. The Bertz CT molecular complexity index is 820. The Morgan fingerprint density at radius 1 is 1.05 bits per heavy atom. The summed E-state index contributed by atoms with van der Waals surface area (Å²) in [6, 6.07) is 18.8. The summed E-state index contributed by atoms with van der Waals surface area (Å²) in [5.74, 6) is 0.143. The Morgan fingerprint density at radius 2 is 1.82 bits per heavy atom. The molecule has 2 heterocycles. The van der Waals surface area contributed by atoms with E-state index in [4.69, 9.17) is 0 Å². The highest BCUT2D eigenvalue weighted by atomic mass is 16.2. The SMILES string of the molecule is O=C1NCCC1c1cn(Cc2ccccc2)c2ccccc12. The van der Waals surface area contributed by atoms with Gasteiger partial charge in [0.15, 0.2) is 0 Å². The molecule has 110 valence electrons. The number of nitrogens with one attached hydrogen (secondary N) is 1. The van der Waals surface area contributed by atoms with Gasteiger partial charge in [0.05, 0.1) is 5.92 Å². The molecule has 3 nitrogen and oxygen atoms in total. The molecule has 1 amide bonds. The fourth-order valence-corrected chi connectivity index (χ4v) is 3.35. The van der Waals surface area contributed by atoms with Gasteiger partial charge in [-0.05, 0) is 23.6 Å². The highest BCUT2D eigenvalue weighted by molar-refractivity contribution is 5.93. The van der Waals surface area contributed by atoms with E-state index in [-0.39, 0.29) is 11.8 Å². The van der Waals surface area contributed by atoms with Crippen LogP contribution in [0.15, 0.2) is 60.8 Å². The molecule has 2 aromatic carbocycles. The van der Waals surface area contributed by atoms with Crippen molar-refractivity contribution in [3.05, 3.63) is 71.9 Å². The molecule has 0 saturated carbocycles. The smallest absolute Gasteiger partial charge is 0.227 e. The van der Waals surface area contributed by atoms with Crippen molar-refractivity contribution in [2.24, 2.45) is 0 Å². The zero-order valence-corrected chi connectivity index (χ0v) is 12.3. The van der Waals surface area contributed by atoms with Gasteiger partial charge in [-0.25, -0.2) is 0 Å². The third-order valence-corrected chi connectivity index (χ3v) is 4.44. The van der Waals surface area contributed by atoms with Crippen molar-refractivity contribution in [3.63, 3.8) is 0 Å². The van der Waals surface area contributed by atoms with Crippen LogP contribution >= 0.6 is 0 Å². The van der Waals surface area contributed by atoms with E-state index in [1.165, 1.54) is 16.5 Å². The Balaban J connectivity index is 1.80. The number of fused-ring (bicyclic) bond motifs is 1. The van der Waals surface area contributed by atoms with Crippen molar-refractivity contribution in [1.29, 1.82) is 0 Å². The van der Waals surface area contributed by atoms with Crippen molar-refractivity contribution in [1.82, 2.24) is 9.88 Å². The molecule has 0 bridgehead atoms. The number of benzene rings is 2. The molecular formula is C19H18N2O. The van der Waals surface area contributed by atoms with E-state index >= 15 is 0 Å². The van der Waals surface area contributed by atoms with Gasteiger partial charge in [0.1, 0.15) is 0 Å². The number of amides is 1. The van der Waals surface area contributed by atoms with Crippen molar-refractivity contribution in [2.75, 3.05) is 6.54 Å². The molecule has 1 N–H and O–H groups in total. The van der Waals surface area contributed by atoms with E-state index in [0.717, 1.165) is 25.1 Å². The fraction of sp³-hybridized carbons (Fsp3) is 0.211. The molecule has 4 rings (SSSR count). The number of para-hydroxylation sites is 1. The van der Waals surface area contributed by atoms with Crippen LogP contribution in [0, 0.1) is 0 Å². The molecule has 0 radical (unpaired) electrons. The molecule has 0 spiro atoms. The van der Waals surface area contributed by atoms with Gasteiger partial charge < -0.3 is 9.88 Å². The van der Waals surface area contributed by atoms with Crippen LogP contribution in [0.2, 0.25) is 0 Å². The molecule has 1 unspecified atom stereocenters. The van der Waals surface area contributed by atoms with Gasteiger partial charge in [-0.3, -0.25) is 4.79 Å². The lowest BCUT2D eigenvalue weighted by atomic mass is 9.97. The van der Waals surface area contributed by atoms with Crippen LogP contribution in [0.3, 0.4) is 0 Å². The number of rotatable bonds is 3. The van der Waals surface area contributed by atoms with Crippen LogP contribution in [0.25, 0.3) is 10.9 Å². The number of carbonyl (C=O) groups excluding carboxylic acids is 1. The second kappa shape index (κ2) is 5.34. The molecule has 1 saturated heterocycles. The largest absolute Gasteiger partial charge is 0.356 e. The Labute approximate surface area is 129 Å². The third kappa shape index (κ3) is 2.19. The van der Waals surface area contributed by atoms with E-state index < -0.39 is 0 Å². The lowest BCUT2D eigenvalue weighted by Gasteiger charge is -2.05. The van der Waals surface area contributed by atoms with Gasteiger partial charge in [-0.1, -0.05) is 48.5 Å². The van der Waals surface area contributed by atoms with Gasteiger partial charge in [-0.2, -0.15) is 0 Å². The molecule has 0 aliphatic carbocycles. The molecule has 1 atom stereocenters. The number of carbonyl (C=O) groups is 1. The zero-order chi connectivity index (χ0) is 14.9. The minimum Gasteiger partial charge on any atom is -0.356 e. The second-order valence-electron chi connectivity index (χ2n) is 5.85. The molecule has 3 aromatic rings. The quantitative estimate of drug-likeness (QED) is 0.789. The maximum Gasteiger partial charge on any atom is 0.227 e. The first-order valence-corrected chi connectivity index (χ1v) is 7.72. The minimum atomic E-state index is -0.0121. The van der Waals surface area contributed by atoms with E-state index in [9.17, 15) is 4.79 Å². The predicted molar refractivity (Wildman–Crippen MR) is 87.8 cm³/mol. The van der Waals surface area contributed by atoms with Crippen molar-refractivity contribution < 1.29 is 4.79 Å². The second-order valence-corrected chi connectivity index (χ2v) is 5.85. The summed E-state index contributed by atoms with van der Waals surface area (Å²) in [5, 5.41) is 4.14. The minimum absolute atomic E-state index is 0.0121. The standard InChI is InChI=1S/C19H18N2O/c22-19-16(10-11-20-19)17-13-21(12-14-6-2-1-3-7-14)18-9-5-4-8-15(17)18/h1-9,13,16H,10-12H2,(H,20,22). The number of aromatic nitrogens is 1. The van der Waals surface area contributed by atoms with Crippen molar-refractivity contribution >= 4 is 16.8 Å². The molecule has 1 aliphatic rings. The van der Waals surface area contributed by atoms with Gasteiger partial charge >= 0.3 is 0 Å². The molecule has 1 aliphatic heterocycles. The first kappa shape index (κ1) is 13.1. The first-order valence-electron chi connectivity index (χ1n) is 7.72. The fourth-order valence-electron chi connectivity index (χ4n) is 3.35. The molecule has 1 aromatic heterocycles. The molecular weight excluding hydrogens is 272 g/mol. The average Bonchev–Trinajstić information content (AvgIpc) is 3.13. The number of hydrogen-bond donors (Lipinski definition) is 1. The highest BCUT2D eigenvalue weighted by Crippen LogP contribution is 2.32. The van der Waals surface area contributed by atoms with Gasteiger partial charge in [0, 0.05) is 30.2 Å². The van der Waals surface area contributed by atoms with Crippen LogP contribution in [0.5, 0.6) is 0 Å². The predicted octanol–water partition coefficient (Wildman–Crippen LogP) is 3.29. The van der Waals surface area contributed by atoms with Crippen LogP contribution in [-0.4, -0.2) is 17.0 Å². The van der Waals surface area contributed by atoms with Crippen LogP contribution in [0.4, 0.5) is 0 Å². The number of hydrogen-bond acceptors (Lipinski definition) is 1. The van der Waals surface area contributed by atoms with Crippen LogP contribution in [0.1, 0.15) is 23.5 Å². The van der Waals surface area contributed by atoms with Crippen molar-refractivity contribution in [3.8, 4) is 0 Å². The summed E-state index contributed by atoms with van der Waals surface area (Å²) in [5.41, 5.74) is 3.62. The summed E-state index contributed by atoms with van der Waals surface area (Å²) >= 11 is 0. The summed E-state index contributed by atoms with van der Waals surface area (Å²) < 4.78 is 2.26. The van der Waals surface area contributed by atoms with E-state index in [1.54, 1.807) is 0 Å². The van der Waals surface area contributed by atoms with Crippen LogP contribution < -0.4 is 5.32 Å². The molecule has 3 heteroatoms. The average molecular weight is 290 g/mol. The van der Waals surface area contributed by atoms with Gasteiger partial charge in [0.25, 0.3) is 0 Å². The summed E-state index contributed by atoms with van der Waals surface area (Å²) in [6.45, 7) is 1.61. The van der Waals surface area contributed by atoms with E-state index in [0.29, 0.717) is 0 Å². The Morgan fingerprint density at radius 3 is 2.59 bits per heavy atom. The third-order valence-electron chi connectivity index (χ3n) is 4.44. The zero-order valence-electron chi connectivity index (χ0n) is 12.3. The maximum atomic E-state index is 12.1. The Hall–Kier alpha value is -2.55. The lowest BCUT2D eigenvalue weighted by Crippen LogP contribution is -2.17. The summed E-state index contributed by atoms with van der Waals surface area (Å²) in [7, 11) is 0. The first-order chi connectivity index (χ1) is 10.8. The Kier molecular flexibility index (Phi) is 3.19. The maximum absolute atomic E-state index is 12.1. The van der Waals surface area contributed by atoms with Crippen molar-refractivity contribution in [2.45, 2.75) is 18.9 Å². The van der Waals surface area contributed by atoms with E-state index in [1.807, 2.05) is 12.1 Å². The summed E-state index contributed by atoms with van der Waals surface area (Å²) in [6.07, 6.45) is 3.05.